The molecule has 1 fully saturated rings. The SMILES string of the molecule is CCN(CC)C(=O)CN1CCCC1=O. The van der Waals surface area contributed by atoms with Gasteiger partial charge in [0.1, 0.15) is 0 Å². The number of rotatable bonds is 4. The first-order chi connectivity index (χ1) is 6.69. The highest BCUT2D eigenvalue weighted by Gasteiger charge is 2.23. The molecule has 0 aromatic rings. The lowest BCUT2D eigenvalue weighted by Gasteiger charge is -2.22. The monoisotopic (exact) mass is 198 g/mol. The molecule has 0 unspecified atom stereocenters. The molecular formula is C10H18N2O2. The molecule has 4 nitrogen and oxygen atoms in total. The second kappa shape index (κ2) is 4.98. The van der Waals surface area contributed by atoms with Crippen molar-refractivity contribution in [3.05, 3.63) is 0 Å². The Hall–Kier alpha value is -1.06. The number of carbonyl (C=O) groups is 2. The van der Waals surface area contributed by atoms with Gasteiger partial charge in [0.25, 0.3) is 0 Å². The summed E-state index contributed by atoms with van der Waals surface area (Å²) >= 11 is 0. The van der Waals surface area contributed by atoms with Crippen LogP contribution in [0.15, 0.2) is 0 Å². The average Bonchev–Trinajstić information content (AvgIpc) is 2.54. The number of amides is 2. The van der Waals surface area contributed by atoms with Crippen molar-refractivity contribution in [1.82, 2.24) is 9.80 Å². The van der Waals surface area contributed by atoms with E-state index in [4.69, 9.17) is 0 Å². The van der Waals surface area contributed by atoms with Crippen molar-refractivity contribution < 1.29 is 9.59 Å². The third-order valence-electron chi connectivity index (χ3n) is 2.61. The van der Waals surface area contributed by atoms with Crippen LogP contribution in [0.2, 0.25) is 0 Å². The van der Waals surface area contributed by atoms with E-state index in [2.05, 4.69) is 0 Å². The topological polar surface area (TPSA) is 40.6 Å². The molecule has 80 valence electrons. The standard InChI is InChI=1S/C10H18N2O2/c1-3-11(4-2)10(14)8-12-7-5-6-9(12)13/h3-8H2,1-2H3. The summed E-state index contributed by atoms with van der Waals surface area (Å²) in [5.41, 5.74) is 0. The minimum Gasteiger partial charge on any atom is -0.342 e. The van der Waals surface area contributed by atoms with Crippen molar-refractivity contribution in [2.75, 3.05) is 26.2 Å². The first kappa shape index (κ1) is 11.0. The Kier molecular flexibility index (Phi) is 3.92. The zero-order valence-electron chi connectivity index (χ0n) is 8.95. The molecule has 1 aliphatic rings. The van der Waals surface area contributed by atoms with E-state index in [0.29, 0.717) is 6.42 Å². The van der Waals surface area contributed by atoms with Gasteiger partial charge in [-0.25, -0.2) is 0 Å². The molecule has 0 aliphatic carbocycles. The summed E-state index contributed by atoms with van der Waals surface area (Å²) in [4.78, 5) is 26.3. The van der Waals surface area contributed by atoms with Crippen LogP contribution in [0.3, 0.4) is 0 Å². The number of hydrogen-bond acceptors (Lipinski definition) is 2. The van der Waals surface area contributed by atoms with Crippen LogP contribution >= 0.6 is 0 Å². The van der Waals surface area contributed by atoms with Crippen molar-refractivity contribution in [3.63, 3.8) is 0 Å². The third-order valence-corrected chi connectivity index (χ3v) is 2.61. The zero-order valence-corrected chi connectivity index (χ0v) is 8.95. The van der Waals surface area contributed by atoms with Gasteiger partial charge >= 0.3 is 0 Å². The molecular weight excluding hydrogens is 180 g/mol. The van der Waals surface area contributed by atoms with E-state index >= 15 is 0 Å². The minimum atomic E-state index is 0.0604. The van der Waals surface area contributed by atoms with Crippen LogP contribution < -0.4 is 0 Å². The molecule has 0 atom stereocenters. The van der Waals surface area contributed by atoms with Gasteiger partial charge in [-0.3, -0.25) is 9.59 Å². The van der Waals surface area contributed by atoms with E-state index in [-0.39, 0.29) is 18.4 Å². The van der Waals surface area contributed by atoms with Crippen molar-refractivity contribution in [2.24, 2.45) is 0 Å². The Morgan fingerprint density at radius 1 is 1.43 bits per heavy atom. The van der Waals surface area contributed by atoms with Crippen LogP contribution in [-0.2, 0) is 9.59 Å². The maximum absolute atomic E-state index is 11.6. The molecule has 2 amide bonds. The normalized spacial score (nSPS) is 16.1. The summed E-state index contributed by atoms with van der Waals surface area (Å²) in [5, 5.41) is 0. The van der Waals surface area contributed by atoms with E-state index in [1.54, 1.807) is 9.80 Å². The van der Waals surface area contributed by atoms with E-state index in [0.717, 1.165) is 26.1 Å². The molecule has 4 heteroatoms. The Morgan fingerprint density at radius 3 is 2.50 bits per heavy atom. The number of likely N-dealkylation sites (N-methyl/N-ethyl adjacent to an activating group) is 1. The maximum atomic E-state index is 11.6. The lowest BCUT2D eigenvalue weighted by molar-refractivity contribution is -0.138. The molecule has 1 aliphatic heterocycles. The van der Waals surface area contributed by atoms with Gasteiger partial charge in [-0.2, -0.15) is 0 Å². The lowest BCUT2D eigenvalue weighted by atomic mass is 10.4. The van der Waals surface area contributed by atoms with Crippen LogP contribution in [0.4, 0.5) is 0 Å². The molecule has 0 aromatic heterocycles. The molecule has 1 rings (SSSR count). The van der Waals surface area contributed by atoms with Gasteiger partial charge in [-0.1, -0.05) is 0 Å². The fraction of sp³-hybridized carbons (Fsp3) is 0.800. The molecule has 0 saturated carbocycles. The first-order valence-electron chi connectivity index (χ1n) is 5.24. The fourth-order valence-corrected chi connectivity index (χ4v) is 1.71. The van der Waals surface area contributed by atoms with E-state index in [9.17, 15) is 9.59 Å². The van der Waals surface area contributed by atoms with Crippen molar-refractivity contribution in [1.29, 1.82) is 0 Å². The smallest absolute Gasteiger partial charge is 0.242 e. The number of nitrogens with zero attached hydrogens (tertiary/aromatic N) is 2. The molecule has 1 heterocycles. The molecule has 1 saturated heterocycles. The Balaban J connectivity index is 2.43. The second-order valence-electron chi connectivity index (χ2n) is 3.48. The quantitative estimate of drug-likeness (QED) is 0.659. The summed E-state index contributed by atoms with van der Waals surface area (Å²) in [6, 6.07) is 0. The summed E-state index contributed by atoms with van der Waals surface area (Å²) in [6.07, 6.45) is 1.50. The Morgan fingerprint density at radius 2 is 2.07 bits per heavy atom. The Bertz CT molecular complexity index is 224. The molecule has 0 aromatic carbocycles. The fourth-order valence-electron chi connectivity index (χ4n) is 1.71. The summed E-state index contributed by atoms with van der Waals surface area (Å²) in [5.74, 6) is 0.177. The average molecular weight is 198 g/mol. The van der Waals surface area contributed by atoms with Gasteiger partial charge in [0.2, 0.25) is 11.8 Å². The Labute approximate surface area is 84.9 Å². The van der Waals surface area contributed by atoms with Crippen LogP contribution in [0.25, 0.3) is 0 Å². The highest BCUT2D eigenvalue weighted by Crippen LogP contribution is 2.09. The first-order valence-corrected chi connectivity index (χ1v) is 5.24. The van der Waals surface area contributed by atoms with Crippen LogP contribution in [0.1, 0.15) is 26.7 Å². The van der Waals surface area contributed by atoms with Crippen LogP contribution in [0.5, 0.6) is 0 Å². The summed E-state index contributed by atoms with van der Waals surface area (Å²) < 4.78 is 0. The minimum absolute atomic E-state index is 0.0604. The number of likely N-dealkylation sites (tertiary alicyclic amines) is 1. The molecule has 0 N–H and O–H groups in total. The van der Waals surface area contributed by atoms with Gasteiger partial charge in [-0.05, 0) is 20.3 Å². The number of hydrogen-bond donors (Lipinski definition) is 0. The lowest BCUT2D eigenvalue weighted by Crippen LogP contribution is -2.40. The summed E-state index contributed by atoms with van der Waals surface area (Å²) in [6.45, 7) is 6.35. The third kappa shape index (κ3) is 2.47. The van der Waals surface area contributed by atoms with Gasteiger partial charge in [0.15, 0.2) is 0 Å². The van der Waals surface area contributed by atoms with Gasteiger partial charge in [0, 0.05) is 26.1 Å². The second-order valence-corrected chi connectivity index (χ2v) is 3.48. The highest BCUT2D eigenvalue weighted by atomic mass is 16.2. The van der Waals surface area contributed by atoms with Crippen LogP contribution in [0, 0.1) is 0 Å². The number of carbonyl (C=O) groups excluding carboxylic acids is 2. The predicted octanol–water partition coefficient (Wildman–Crippen LogP) is 0.477. The highest BCUT2D eigenvalue weighted by molar-refractivity contribution is 5.85. The largest absolute Gasteiger partial charge is 0.342 e. The molecule has 0 spiro atoms. The van der Waals surface area contributed by atoms with Gasteiger partial charge in [0.05, 0.1) is 6.54 Å². The van der Waals surface area contributed by atoms with E-state index < -0.39 is 0 Å². The zero-order chi connectivity index (χ0) is 10.6. The van der Waals surface area contributed by atoms with Gasteiger partial charge < -0.3 is 9.80 Å². The van der Waals surface area contributed by atoms with Crippen molar-refractivity contribution in [3.8, 4) is 0 Å². The van der Waals surface area contributed by atoms with Crippen molar-refractivity contribution in [2.45, 2.75) is 26.7 Å². The van der Waals surface area contributed by atoms with Crippen LogP contribution in [-0.4, -0.2) is 47.8 Å². The van der Waals surface area contributed by atoms with E-state index in [1.807, 2.05) is 13.8 Å². The maximum Gasteiger partial charge on any atom is 0.242 e. The van der Waals surface area contributed by atoms with E-state index in [1.165, 1.54) is 0 Å². The molecule has 0 bridgehead atoms. The van der Waals surface area contributed by atoms with Gasteiger partial charge in [-0.15, -0.1) is 0 Å². The summed E-state index contributed by atoms with van der Waals surface area (Å²) in [7, 11) is 0. The van der Waals surface area contributed by atoms with Crippen molar-refractivity contribution >= 4 is 11.8 Å². The molecule has 0 radical (unpaired) electrons. The molecule has 14 heavy (non-hydrogen) atoms. The predicted molar refractivity (Wildman–Crippen MR) is 53.7 cm³/mol.